The van der Waals surface area contributed by atoms with Gasteiger partial charge in [-0.25, -0.2) is 13.2 Å². The molecule has 1 aromatic rings. The number of piperidine rings is 1. The number of hydrogen-bond acceptors (Lipinski definition) is 4. The standard InChI is InChI=1S/C16H24N2O4S/c1-11-9-12(2)15(13(3)10-11)23(20,21)18-7-5-14(6-8-18)17-16(19)22-4/h9-10,14H,5-8H2,1-4H3,(H,17,19). The number of sulfonamides is 1. The number of hydrogen-bond donors (Lipinski definition) is 1. The zero-order valence-electron chi connectivity index (χ0n) is 14.0. The zero-order valence-corrected chi connectivity index (χ0v) is 14.9. The van der Waals surface area contributed by atoms with Crippen LogP contribution in [0.1, 0.15) is 29.5 Å². The van der Waals surface area contributed by atoms with E-state index in [0.29, 0.717) is 30.8 Å². The van der Waals surface area contributed by atoms with E-state index >= 15 is 0 Å². The van der Waals surface area contributed by atoms with Gasteiger partial charge in [0.15, 0.2) is 0 Å². The quantitative estimate of drug-likeness (QED) is 0.914. The first-order chi connectivity index (χ1) is 10.8. The summed E-state index contributed by atoms with van der Waals surface area (Å²) in [6.07, 6.45) is 0.688. The Kier molecular flexibility index (Phi) is 5.31. The van der Waals surface area contributed by atoms with E-state index in [1.807, 2.05) is 32.9 Å². The lowest BCUT2D eigenvalue weighted by atomic mass is 10.1. The maximum absolute atomic E-state index is 12.9. The third kappa shape index (κ3) is 3.84. The van der Waals surface area contributed by atoms with E-state index in [1.54, 1.807) is 0 Å². The third-order valence-corrected chi connectivity index (χ3v) is 6.37. The van der Waals surface area contributed by atoms with Crippen molar-refractivity contribution >= 4 is 16.1 Å². The van der Waals surface area contributed by atoms with E-state index in [0.717, 1.165) is 16.7 Å². The van der Waals surface area contributed by atoms with Crippen LogP contribution in [0.15, 0.2) is 17.0 Å². The fourth-order valence-electron chi connectivity index (χ4n) is 3.17. The van der Waals surface area contributed by atoms with Gasteiger partial charge in [0.25, 0.3) is 0 Å². The van der Waals surface area contributed by atoms with Gasteiger partial charge in [-0.3, -0.25) is 0 Å². The van der Waals surface area contributed by atoms with Crippen LogP contribution < -0.4 is 5.32 Å². The minimum absolute atomic E-state index is 0.0471. The number of ether oxygens (including phenoxy) is 1. The molecule has 128 valence electrons. The topological polar surface area (TPSA) is 75.7 Å². The second-order valence-electron chi connectivity index (χ2n) is 6.04. The van der Waals surface area contributed by atoms with Crippen LogP contribution in [-0.4, -0.2) is 45.1 Å². The number of carbonyl (C=O) groups excluding carboxylic acids is 1. The second-order valence-corrected chi connectivity index (χ2v) is 7.92. The normalized spacial score (nSPS) is 17.0. The summed E-state index contributed by atoms with van der Waals surface area (Å²) in [4.78, 5) is 11.6. The number of carbonyl (C=O) groups is 1. The van der Waals surface area contributed by atoms with E-state index in [2.05, 4.69) is 10.1 Å². The summed E-state index contributed by atoms with van der Waals surface area (Å²) in [6, 6.07) is 3.74. The molecule has 0 bridgehead atoms. The highest BCUT2D eigenvalue weighted by molar-refractivity contribution is 7.89. The van der Waals surface area contributed by atoms with E-state index in [4.69, 9.17) is 0 Å². The molecule has 6 nitrogen and oxygen atoms in total. The van der Waals surface area contributed by atoms with Crippen LogP contribution in [0, 0.1) is 20.8 Å². The molecule has 23 heavy (non-hydrogen) atoms. The number of alkyl carbamates (subject to hydrolysis) is 1. The molecular formula is C16H24N2O4S. The maximum atomic E-state index is 12.9. The van der Waals surface area contributed by atoms with Crippen molar-refractivity contribution in [2.45, 2.75) is 44.6 Å². The van der Waals surface area contributed by atoms with Crippen molar-refractivity contribution in [2.24, 2.45) is 0 Å². The van der Waals surface area contributed by atoms with Gasteiger partial charge in [-0.1, -0.05) is 17.7 Å². The Balaban J connectivity index is 2.15. The highest BCUT2D eigenvalue weighted by atomic mass is 32.2. The molecule has 1 saturated heterocycles. The molecule has 0 aromatic heterocycles. The number of benzene rings is 1. The minimum atomic E-state index is -3.51. The van der Waals surface area contributed by atoms with Gasteiger partial charge in [0.2, 0.25) is 10.0 Å². The molecule has 7 heteroatoms. The van der Waals surface area contributed by atoms with Crippen LogP contribution in [0.3, 0.4) is 0 Å². The SMILES string of the molecule is COC(=O)NC1CCN(S(=O)(=O)c2c(C)cc(C)cc2C)CC1. The molecule has 0 spiro atoms. The number of nitrogens with one attached hydrogen (secondary N) is 1. The second kappa shape index (κ2) is 6.88. The molecule has 1 aliphatic heterocycles. The molecule has 1 fully saturated rings. The number of methoxy groups -OCH3 is 1. The Morgan fingerprint density at radius 1 is 1.17 bits per heavy atom. The average Bonchev–Trinajstić information content (AvgIpc) is 2.46. The van der Waals surface area contributed by atoms with Crippen molar-refractivity contribution in [3.05, 3.63) is 28.8 Å². The van der Waals surface area contributed by atoms with E-state index < -0.39 is 16.1 Å². The van der Waals surface area contributed by atoms with Crippen molar-refractivity contribution < 1.29 is 17.9 Å². The molecule has 1 amide bonds. The molecule has 2 rings (SSSR count). The van der Waals surface area contributed by atoms with Gasteiger partial charge >= 0.3 is 6.09 Å². The van der Waals surface area contributed by atoms with E-state index in [-0.39, 0.29) is 6.04 Å². The lowest BCUT2D eigenvalue weighted by Crippen LogP contribution is -2.46. The molecule has 0 aliphatic carbocycles. The van der Waals surface area contributed by atoms with E-state index in [1.165, 1.54) is 11.4 Å². The molecule has 1 aromatic carbocycles. The van der Waals surface area contributed by atoms with Crippen LogP contribution in [0.2, 0.25) is 0 Å². The summed E-state index contributed by atoms with van der Waals surface area (Å²) in [7, 11) is -2.19. The van der Waals surface area contributed by atoms with Gasteiger partial charge in [-0.2, -0.15) is 4.31 Å². The third-order valence-electron chi connectivity index (χ3n) is 4.16. The first kappa shape index (κ1) is 17.7. The van der Waals surface area contributed by atoms with Gasteiger partial charge in [-0.05, 0) is 44.7 Å². The Hall–Kier alpha value is -1.60. The molecule has 0 unspecified atom stereocenters. The van der Waals surface area contributed by atoms with Gasteiger partial charge in [-0.15, -0.1) is 0 Å². The molecule has 1 N–H and O–H groups in total. The van der Waals surface area contributed by atoms with E-state index in [9.17, 15) is 13.2 Å². The lowest BCUT2D eigenvalue weighted by Gasteiger charge is -2.32. The fourth-order valence-corrected chi connectivity index (χ4v) is 5.05. The largest absolute Gasteiger partial charge is 0.453 e. The Morgan fingerprint density at radius 3 is 2.17 bits per heavy atom. The van der Waals surface area contributed by atoms with Crippen LogP contribution >= 0.6 is 0 Å². The highest BCUT2D eigenvalue weighted by Gasteiger charge is 2.32. The fraction of sp³-hybridized carbons (Fsp3) is 0.562. The summed E-state index contributed by atoms with van der Waals surface area (Å²) in [5.41, 5.74) is 2.61. The predicted molar refractivity (Wildman–Crippen MR) is 88.0 cm³/mol. The highest BCUT2D eigenvalue weighted by Crippen LogP contribution is 2.27. The summed E-state index contributed by atoms with van der Waals surface area (Å²) < 4.78 is 32.0. The average molecular weight is 340 g/mol. The van der Waals surface area contributed by atoms with Crippen LogP contribution in [0.5, 0.6) is 0 Å². The summed E-state index contributed by atoms with van der Waals surface area (Å²) in [5.74, 6) is 0. The first-order valence-electron chi connectivity index (χ1n) is 7.68. The summed E-state index contributed by atoms with van der Waals surface area (Å²) in [5, 5.41) is 2.73. The first-order valence-corrected chi connectivity index (χ1v) is 9.12. The lowest BCUT2D eigenvalue weighted by molar-refractivity contribution is 0.161. The molecule has 1 heterocycles. The molecule has 1 aliphatic rings. The minimum Gasteiger partial charge on any atom is -0.453 e. The van der Waals surface area contributed by atoms with Crippen molar-refractivity contribution in [3.63, 3.8) is 0 Å². The van der Waals surface area contributed by atoms with Gasteiger partial charge in [0.05, 0.1) is 12.0 Å². The summed E-state index contributed by atoms with van der Waals surface area (Å²) in [6.45, 7) is 6.41. The van der Waals surface area contributed by atoms with Crippen molar-refractivity contribution in [3.8, 4) is 0 Å². The zero-order chi connectivity index (χ0) is 17.2. The smallest absolute Gasteiger partial charge is 0.407 e. The Labute approximate surface area is 137 Å². The monoisotopic (exact) mass is 340 g/mol. The van der Waals surface area contributed by atoms with Crippen LogP contribution in [0.4, 0.5) is 4.79 Å². The van der Waals surface area contributed by atoms with Gasteiger partial charge < -0.3 is 10.1 Å². The molecule has 0 radical (unpaired) electrons. The number of rotatable bonds is 3. The van der Waals surface area contributed by atoms with Crippen molar-refractivity contribution in [1.82, 2.24) is 9.62 Å². The summed E-state index contributed by atoms with van der Waals surface area (Å²) >= 11 is 0. The Bertz CT molecular complexity index is 669. The Morgan fingerprint density at radius 2 is 1.70 bits per heavy atom. The predicted octanol–water partition coefficient (Wildman–Crippen LogP) is 2.12. The molecule has 0 saturated carbocycles. The van der Waals surface area contributed by atoms with Crippen LogP contribution in [0.25, 0.3) is 0 Å². The van der Waals surface area contributed by atoms with Gasteiger partial charge in [0, 0.05) is 19.1 Å². The van der Waals surface area contributed by atoms with Crippen molar-refractivity contribution in [1.29, 1.82) is 0 Å². The maximum Gasteiger partial charge on any atom is 0.407 e. The molecular weight excluding hydrogens is 316 g/mol. The number of amides is 1. The number of nitrogens with zero attached hydrogens (tertiary/aromatic N) is 1. The van der Waals surface area contributed by atoms with Crippen LogP contribution in [-0.2, 0) is 14.8 Å². The van der Waals surface area contributed by atoms with Gasteiger partial charge in [0.1, 0.15) is 0 Å². The number of aryl methyl sites for hydroxylation is 3. The molecule has 0 atom stereocenters. The van der Waals surface area contributed by atoms with Crippen molar-refractivity contribution in [2.75, 3.05) is 20.2 Å².